The van der Waals surface area contributed by atoms with Gasteiger partial charge in [0.25, 0.3) is 11.8 Å². The molecule has 0 bridgehead atoms. The zero-order chi connectivity index (χ0) is 15.0. The standard InChI is InChI=1S/C16H16N2O3/c1-2-10-4-3-5-11-8-9-18(14(10)11)16(20)13-7-6-12(21-13)15(17)19/h3-7H,2,8-9H2,1H3,(H2,17,19). The lowest BCUT2D eigenvalue weighted by Gasteiger charge is -2.18. The van der Waals surface area contributed by atoms with Crippen LogP contribution in [0.25, 0.3) is 0 Å². The van der Waals surface area contributed by atoms with Crippen LogP contribution in [0.1, 0.15) is 39.2 Å². The van der Waals surface area contributed by atoms with Gasteiger partial charge in [-0.1, -0.05) is 25.1 Å². The van der Waals surface area contributed by atoms with Crippen molar-refractivity contribution in [1.82, 2.24) is 0 Å². The van der Waals surface area contributed by atoms with E-state index in [1.54, 1.807) is 4.90 Å². The molecule has 0 spiro atoms. The van der Waals surface area contributed by atoms with Gasteiger partial charge in [0.2, 0.25) is 0 Å². The predicted molar refractivity (Wildman–Crippen MR) is 78.4 cm³/mol. The van der Waals surface area contributed by atoms with Gasteiger partial charge < -0.3 is 15.1 Å². The van der Waals surface area contributed by atoms with Gasteiger partial charge in [0.05, 0.1) is 5.69 Å². The van der Waals surface area contributed by atoms with Crippen LogP contribution in [0, 0.1) is 0 Å². The Kier molecular flexibility index (Phi) is 3.25. The molecule has 5 nitrogen and oxygen atoms in total. The minimum Gasteiger partial charge on any atom is -0.446 e. The van der Waals surface area contributed by atoms with E-state index in [2.05, 4.69) is 6.92 Å². The van der Waals surface area contributed by atoms with Crippen LogP contribution < -0.4 is 10.6 Å². The van der Waals surface area contributed by atoms with Gasteiger partial charge in [0.1, 0.15) is 0 Å². The van der Waals surface area contributed by atoms with Crippen molar-refractivity contribution in [3.8, 4) is 0 Å². The van der Waals surface area contributed by atoms with Gasteiger partial charge in [-0.25, -0.2) is 0 Å². The normalized spacial score (nSPS) is 13.3. The zero-order valence-corrected chi connectivity index (χ0v) is 11.8. The fourth-order valence-electron chi connectivity index (χ4n) is 2.74. The summed E-state index contributed by atoms with van der Waals surface area (Å²) in [6, 6.07) is 9.01. The van der Waals surface area contributed by atoms with Crippen LogP contribution in [0.3, 0.4) is 0 Å². The number of furan rings is 1. The molecule has 0 saturated heterocycles. The van der Waals surface area contributed by atoms with Gasteiger partial charge in [-0.2, -0.15) is 0 Å². The van der Waals surface area contributed by atoms with Gasteiger partial charge in [-0.05, 0) is 36.1 Å². The van der Waals surface area contributed by atoms with Gasteiger partial charge in [0.15, 0.2) is 11.5 Å². The maximum absolute atomic E-state index is 12.6. The Morgan fingerprint density at radius 2 is 2.00 bits per heavy atom. The summed E-state index contributed by atoms with van der Waals surface area (Å²) >= 11 is 0. The third-order valence-electron chi connectivity index (χ3n) is 3.76. The first-order valence-corrected chi connectivity index (χ1v) is 6.94. The molecule has 1 aromatic carbocycles. The Labute approximate surface area is 122 Å². The summed E-state index contributed by atoms with van der Waals surface area (Å²) in [6.45, 7) is 2.69. The highest BCUT2D eigenvalue weighted by Crippen LogP contribution is 2.33. The van der Waals surface area contributed by atoms with Gasteiger partial charge in [0, 0.05) is 6.54 Å². The average Bonchev–Trinajstić information content (AvgIpc) is 3.13. The first-order valence-electron chi connectivity index (χ1n) is 6.94. The second kappa shape index (κ2) is 5.09. The maximum Gasteiger partial charge on any atom is 0.294 e. The number of nitrogens with zero attached hydrogens (tertiary/aromatic N) is 1. The number of hydrogen-bond donors (Lipinski definition) is 1. The molecule has 5 heteroatoms. The molecule has 2 aromatic rings. The molecule has 21 heavy (non-hydrogen) atoms. The van der Waals surface area contributed by atoms with E-state index in [-0.39, 0.29) is 17.4 Å². The number of carbonyl (C=O) groups excluding carboxylic acids is 2. The molecule has 0 fully saturated rings. The summed E-state index contributed by atoms with van der Waals surface area (Å²) in [7, 11) is 0. The summed E-state index contributed by atoms with van der Waals surface area (Å²) in [5, 5.41) is 0. The number of para-hydroxylation sites is 1. The molecule has 0 saturated carbocycles. The van der Waals surface area contributed by atoms with Crippen molar-refractivity contribution < 1.29 is 14.0 Å². The molecule has 2 amide bonds. The van der Waals surface area contributed by atoms with Gasteiger partial charge in [-0.3, -0.25) is 9.59 Å². The molecule has 0 radical (unpaired) electrons. The van der Waals surface area contributed by atoms with Gasteiger partial charge in [-0.15, -0.1) is 0 Å². The number of benzene rings is 1. The third-order valence-corrected chi connectivity index (χ3v) is 3.76. The predicted octanol–water partition coefficient (Wildman–Crippen LogP) is 2.14. The first kappa shape index (κ1) is 13.4. The lowest BCUT2D eigenvalue weighted by Crippen LogP contribution is -2.29. The lowest BCUT2D eigenvalue weighted by atomic mass is 10.1. The number of fused-ring (bicyclic) bond motifs is 1. The number of aryl methyl sites for hydroxylation is 1. The van der Waals surface area contributed by atoms with Crippen molar-refractivity contribution in [3.05, 3.63) is 53.0 Å². The van der Waals surface area contributed by atoms with E-state index in [1.165, 1.54) is 17.7 Å². The molecule has 3 rings (SSSR count). The van der Waals surface area contributed by atoms with E-state index >= 15 is 0 Å². The molecular weight excluding hydrogens is 268 g/mol. The number of carbonyl (C=O) groups is 2. The van der Waals surface area contributed by atoms with E-state index < -0.39 is 5.91 Å². The Morgan fingerprint density at radius 1 is 1.24 bits per heavy atom. The number of amides is 2. The second-order valence-corrected chi connectivity index (χ2v) is 5.01. The summed E-state index contributed by atoms with van der Waals surface area (Å²) in [6.07, 6.45) is 1.69. The lowest BCUT2D eigenvalue weighted by molar-refractivity contribution is 0.0944. The van der Waals surface area contributed by atoms with E-state index in [4.69, 9.17) is 10.2 Å². The molecular formula is C16H16N2O3. The summed E-state index contributed by atoms with van der Waals surface area (Å²) < 4.78 is 5.24. The van der Waals surface area contributed by atoms with Crippen LogP contribution in [0.4, 0.5) is 5.69 Å². The molecule has 0 unspecified atom stereocenters. The fourth-order valence-corrected chi connectivity index (χ4v) is 2.74. The van der Waals surface area contributed by atoms with Crippen molar-refractivity contribution in [2.45, 2.75) is 19.8 Å². The number of anilines is 1. The van der Waals surface area contributed by atoms with Crippen molar-refractivity contribution >= 4 is 17.5 Å². The van der Waals surface area contributed by atoms with E-state index in [1.807, 2.05) is 18.2 Å². The highest BCUT2D eigenvalue weighted by molar-refractivity contribution is 6.06. The highest BCUT2D eigenvalue weighted by Gasteiger charge is 2.29. The fraction of sp³-hybridized carbons (Fsp3) is 0.250. The second-order valence-electron chi connectivity index (χ2n) is 5.01. The van der Waals surface area contributed by atoms with Crippen LogP contribution in [-0.4, -0.2) is 18.4 Å². The van der Waals surface area contributed by atoms with E-state index in [0.29, 0.717) is 6.54 Å². The average molecular weight is 284 g/mol. The topological polar surface area (TPSA) is 76.5 Å². The Balaban J connectivity index is 1.96. The maximum atomic E-state index is 12.6. The number of nitrogens with two attached hydrogens (primary N) is 1. The van der Waals surface area contributed by atoms with Crippen molar-refractivity contribution in [2.75, 3.05) is 11.4 Å². The van der Waals surface area contributed by atoms with Crippen LogP contribution >= 0.6 is 0 Å². The van der Waals surface area contributed by atoms with Crippen LogP contribution in [-0.2, 0) is 12.8 Å². The zero-order valence-electron chi connectivity index (χ0n) is 11.8. The van der Waals surface area contributed by atoms with Crippen LogP contribution in [0.15, 0.2) is 34.7 Å². The highest BCUT2D eigenvalue weighted by atomic mass is 16.4. The van der Waals surface area contributed by atoms with Crippen molar-refractivity contribution in [2.24, 2.45) is 5.73 Å². The molecule has 2 N–H and O–H groups in total. The van der Waals surface area contributed by atoms with Crippen molar-refractivity contribution in [1.29, 1.82) is 0 Å². The van der Waals surface area contributed by atoms with Crippen LogP contribution in [0.2, 0.25) is 0 Å². The third kappa shape index (κ3) is 2.20. The molecule has 2 heterocycles. The SMILES string of the molecule is CCc1cccc2c1N(C(=O)c1ccc(C(N)=O)o1)CC2. The minimum absolute atomic E-state index is 0.00143. The summed E-state index contributed by atoms with van der Waals surface area (Å²) in [5.74, 6) is -0.767. The Morgan fingerprint density at radius 3 is 2.67 bits per heavy atom. The summed E-state index contributed by atoms with van der Waals surface area (Å²) in [5.41, 5.74) is 8.43. The van der Waals surface area contributed by atoms with Crippen molar-refractivity contribution in [3.63, 3.8) is 0 Å². The number of rotatable bonds is 3. The minimum atomic E-state index is -0.676. The monoisotopic (exact) mass is 284 g/mol. The number of hydrogen-bond acceptors (Lipinski definition) is 3. The molecule has 0 atom stereocenters. The largest absolute Gasteiger partial charge is 0.446 e. The first-order chi connectivity index (χ1) is 10.1. The van der Waals surface area contributed by atoms with E-state index in [9.17, 15) is 9.59 Å². The van der Waals surface area contributed by atoms with E-state index in [0.717, 1.165) is 24.1 Å². The molecule has 1 aliphatic rings. The van der Waals surface area contributed by atoms with Gasteiger partial charge >= 0.3 is 0 Å². The Bertz CT molecular complexity index is 718. The molecule has 1 aromatic heterocycles. The Hall–Kier alpha value is -2.56. The summed E-state index contributed by atoms with van der Waals surface area (Å²) in [4.78, 5) is 25.4. The number of primary amides is 1. The quantitative estimate of drug-likeness (QED) is 0.938. The smallest absolute Gasteiger partial charge is 0.294 e. The van der Waals surface area contributed by atoms with Crippen LogP contribution in [0.5, 0.6) is 0 Å². The molecule has 1 aliphatic heterocycles. The molecule has 0 aliphatic carbocycles. The molecule has 108 valence electrons.